The highest BCUT2D eigenvalue weighted by molar-refractivity contribution is 6.16. The molecule has 0 amide bonds. The van der Waals surface area contributed by atoms with Crippen LogP contribution in [0.3, 0.4) is 0 Å². The van der Waals surface area contributed by atoms with Crippen molar-refractivity contribution in [1.29, 1.82) is 0 Å². The maximum absolute atomic E-state index is 5.98. The van der Waals surface area contributed by atoms with Gasteiger partial charge in [-0.15, -0.1) is 11.6 Å². The van der Waals surface area contributed by atoms with E-state index in [9.17, 15) is 0 Å². The zero-order chi connectivity index (χ0) is 12.5. The van der Waals surface area contributed by atoms with Crippen LogP contribution in [-0.4, -0.2) is 27.2 Å². The van der Waals surface area contributed by atoms with Gasteiger partial charge in [-0.05, 0) is 31.9 Å². The maximum atomic E-state index is 5.98. The molecule has 0 aliphatic carbocycles. The molecule has 3 heterocycles. The Morgan fingerprint density at radius 3 is 3.06 bits per heavy atom. The van der Waals surface area contributed by atoms with Gasteiger partial charge >= 0.3 is 0 Å². The Morgan fingerprint density at radius 1 is 1.44 bits per heavy atom. The second-order valence-corrected chi connectivity index (χ2v) is 4.97. The van der Waals surface area contributed by atoms with Crippen molar-refractivity contribution in [3.8, 4) is 0 Å². The van der Waals surface area contributed by atoms with Crippen molar-refractivity contribution < 1.29 is 4.74 Å². The van der Waals surface area contributed by atoms with E-state index in [1.165, 1.54) is 0 Å². The first kappa shape index (κ1) is 11.9. The molecule has 0 spiro atoms. The van der Waals surface area contributed by atoms with Crippen LogP contribution in [0.1, 0.15) is 24.4 Å². The monoisotopic (exact) mass is 265 g/mol. The molecule has 96 valence electrons. The Morgan fingerprint density at radius 2 is 2.33 bits per heavy atom. The Balaban J connectivity index is 2.03. The van der Waals surface area contributed by atoms with Gasteiger partial charge in [0.25, 0.3) is 0 Å². The van der Waals surface area contributed by atoms with Crippen LogP contribution in [0.25, 0.3) is 11.2 Å². The summed E-state index contributed by atoms with van der Waals surface area (Å²) in [6.45, 7) is 3.65. The summed E-state index contributed by atoms with van der Waals surface area (Å²) in [4.78, 5) is 9.10. The Kier molecular flexibility index (Phi) is 3.22. The number of ether oxygens (including phenoxy) is 1. The fraction of sp³-hybridized carbons (Fsp3) is 0.538. The lowest BCUT2D eigenvalue weighted by Crippen LogP contribution is -2.17. The maximum Gasteiger partial charge on any atom is 0.160 e. The smallest absolute Gasteiger partial charge is 0.160 e. The average Bonchev–Trinajstić information content (AvgIpc) is 2.98. The fourth-order valence-electron chi connectivity index (χ4n) is 2.43. The first-order valence-electron chi connectivity index (χ1n) is 6.28. The minimum Gasteiger partial charge on any atom is -0.376 e. The van der Waals surface area contributed by atoms with Gasteiger partial charge in [0.15, 0.2) is 5.65 Å². The van der Waals surface area contributed by atoms with Gasteiger partial charge < -0.3 is 9.30 Å². The molecule has 3 rings (SSSR count). The van der Waals surface area contributed by atoms with E-state index in [1.807, 2.05) is 19.1 Å². The number of rotatable bonds is 3. The van der Waals surface area contributed by atoms with Gasteiger partial charge in [-0.25, -0.2) is 9.97 Å². The summed E-state index contributed by atoms with van der Waals surface area (Å²) < 4.78 is 7.79. The molecule has 0 bridgehead atoms. The van der Waals surface area contributed by atoms with Crippen LogP contribution in [0, 0.1) is 6.92 Å². The zero-order valence-corrected chi connectivity index (χ0v) is 11.2. The summed E-state index contributed by atoms with van der Waals surface area (Å²) in [6.07, 6.45) is 2.51. The van der Waals surface area contributed by atoms with Crippen LogP contribution in [0.15, 0.2) is 12.1 Å². The normalized spacial score (nSPS) is 19.8. The van der Waals surface area contributed by atoms with Gasteiger partial charge in [0.2, 0.25) is 0 Å². The molecule has 0 N–H and O–H groups in total. The van der Waals surface area contributed by atoms with Crippen LogP contribution >= 0.6 is 11.6 Å². The van der Waals surface area contributed by atoms with Gasteiger partial charge in [-0.1, -0.05) is 0 Å². The molecule has 0 aromatic carbocycles. The third-order valence-electron chi connectivity index (χ3n) is 3.34. The minimum atomic E-state index is 0.270. The fourth-order valence-corrected chi connectivity index (χ4v) is 2.63. The number of hydrogen-bond donors (Lipinski definition) is 0. The number of hydrogen-bond acceptors (Lipinski definition) is 3. The number of alkyl halides is 1. The van der Waals surface area contributed by atoms with Crippen molar-refractivity contribution in [2.45, 2.75) is 38.3 Å². The molecule has 2 aromatic rings. The lowest BCUT2D eigenvalue weighted by Gasteiger charge is -2.12. The summed E-state index contributed by atoms with van der Waals surface area (Å²) in [6, 6.07) is 3.98. The molecule has 1 aliphatic rings. The van der Waals surface area contributed by atoms with Crippen molar-refractivity contribution in [2.24, 2.45) is 0 Å². The van der Waals surface area contributed by atoms with E-state index in [2.05, 4.69) is 14.5 Å². The van der Waals surface area contributed by atoms with Crippen molar-refractivity contribution in [2.75, 3.05) is 6.61 Å². The summed E-state index contributed by atoms with van der Waals surface area (Å²) in [5.41, 5.74) is 2.83. The molecule has 1 aliphatic heterocycles. The average molecular weight is 266 g/mol. The summed E-state index contributed by atoms with van der Waals surface area (Å²) in [7, 11) is 0. The number of halogens is 1. The number of aryl methyl sites for hydroxylation is 1. The summed E-state index contributed by atoms with van der Waals surface area (Å²) in [5.74, 6) is 1.28. The first-order chi connectivity index (χ1) is 8.78. The number of fused-ring (bicyclic) bond motifs is 1. The topological polar surface area (TPSA) is 39.9 Å². The molecule has 1 fully saturated rings. The summed E-state index contributed by atoms with van der Waals surface area (Å²) in [5, 5.41) is 0. The number of nitrogens with zero attached hydrogens (tertiary/aromatic N) is 3. The standard InChI is InChI=1S/C13H16ClN3O/c1-9-4-5-11-13(15-9)17(12(7-14)16-11)8-10-3-2-6-18-10/h4-5,10H,2-3,6-8H2,1H3. The Labute approximate surface area is 111 Å². The van der Waals surface area contributed by atoms with Crippen LogP contribution in [-0.2, 0) is 17.2 Å². The van der Waals surface area contributed by atoms with E-state index in [1.54, 1.807) is 0 Å². The molecule has 1 saturated heterocycles. The third-order valence-corrected chi connectivity index (χ3v) is 3.58. The highest BCUT2D eigenvalue weighted by atomic mass is 35.5. The molecule has 2 aromatic heterocycles. The van der Waals surface area contributed by atoms with E-state index in [0.717, 1.165) is 48.7 Å². The lowest BCUT2D eigenvalue weighted by atomic mass is 10.2. The number of aromatic nitrogens is 3. The van der Waals surface area contributed by atoms with Crippen LogP contribution < -0.4 is 0 Å². The highest BCUT2D eigenvalue weighted by Crippen LogP contribution is 2.20. The third kappa shape index (κ3) is 2.10. The van der Waals surface area contributed by atoms with E-state index in [-0.39, 0.29) is 6.10 Å². The molecule has 1 unspecified atom stereocenters. The van der Waals surface area contributed by atoms with Crippen molar-refractivity contribution in [3.05, 3.63) is 23.7 Å². The molecule has 18 heavy (non-hydrogen) atoms. The van der Waals surface area contributed by atoms with E-state index in [4.69, 9.17) is 16.3 Å². The van der Waals surface area contributed by atoms with Gasteiger partial charge in [0.05, 0.1) is 18.5 Å². The SMILES string of the molecule is Cc1ccc2nc(CCl)n(CC3CCCO3)c2n1. The second-order valence-electron chi connectivity index (χ2n) is 4.70. The molecular weight excluding hydrogens is 250 g/mol. The predicted molar refractivity (Wildman–Crippen MR) is 70.8 cm³/mol. The van der Waals surface area contributed by atoms with Crippen molar-refractivity contribution in [1.82, 2.24) is 14.5 Å². The van der Waals surface area contributed by atoms with Gasteiger partial charge in [-0.2, -0.15) is 0 Å². The van der Waals surface area contributed by atoms with E-state index < -0.39 is 0 Å². The Hall–Kier alpha value is -1.13. The number of pyridine rings is 1. The molecule has 1 atom stereocenters. The van der Waals surface area contributed by atoms with Crippen LogP contribution in [0.4, 0.5) is 0 Å². The Bertz CT molecular complexity index is 561. The number of imidazole rings is 1. The first-order valence-corrected chi connectivity index (χ1v) is 6.81. The quantitative estimate of drug-likeness (QED) is 0.801. The second kappa shape index (κ2) is 4.86. The highest BCUT2D eigenvalue weighted by Gasteiger charge is 2.20. The van der Waals surface area contributed by atoms with Crippen LogP contribution in [0.2, 0.25) is 0 Å². The lowest BCUT2D eigenvalue weighted by molar-refractivity contribution is 0.0972. The van der Waals surface area contributed by atoms with Gasteiger partial charge in [0, 0.05) is 12.3 Å². The minimum absolute atomic E-state index is 0.270. The summed E-state index contributed by atoms with van der Waals surface area (Å²) >= 11 is 5.98. The molecular formula is C13H16ClN3O. The van der Waals surface area contributed by atoms with E-state index >= 15 is 0 Å². The van der Waals surface area contributed by atoms with Gasteiger partial charge in [-0.3, -0.25) is 0 Å². The van der Waals surface area contributed by atoms with Crippen molar-refractivity contribution in [3.63, 3.8) is 0 Å². The van der Waals surface area contributed by atoms with Crippen molar-refractivity contribution >= 4 is 22.8 Å². The van der Waals surface area contributed by atoms with Gasteiger partial charge in [0.1, 0.15) is 11.3 Å². The molecule has 4 nitrogen and oxygen atoms in total. The largest absolute Gasteiger partial charge is 0.376 e. The van der Waals surface area contributed by atoms with Crippen LogP contribution in [0.5, 0.6) is 0 Å². The molecule has 0 saturated carbocycles. The predicted octanol–water partition coefficient (Wildman–Crippen LogP) is 2.66. The molecule has 5 heteroatoms. The van der Waals surface area contributed by atoms with E-state index in [0.29, 0.717) is 5.88 Å². The molecule has 0 radical (unpaired) electrons. The zero-order valence-electron chi connectivity index (χ0n) is 10.4.